The molecular weight excluding hydrogens is 279 g/mol. The van der Waals surface area contributed by atoms with Gasteiger partial charge >= 0.3 is 0 Å². The molecule has 0 saturated heterocycles. The first kappa shape index (κ1) is 13.1. The van der Waals surface area contributed by atoms with E-state index in [0.717, 1.165) is 10.6 Å². The maximum absolute atomic E-state index is 13.0. The van der Waals surface area contributed by atoms with Gasteiger partial charge in [0.25, 0.3) is 6.29 Å². The number of rotatable bonds is 4. The number of ether oxygens (including phenoxy) is 2. The second-order valence-electron chi connectivity index (χ2n) is 4.25. The van der Waals surface area contributed by atoms with Gasteiger partial charge in [-0.25, -0.2) is 9.37 Å². The van der Waals surface area contributed by atoms with Gasteiger partial charge in [-0.05, 0) is 24.0 Å². The van der Waals surface area contributed by atoms with Crippen molar-refractivity contribution in [2.75, 3.05) is 6.26 Å². The molecule has 1 aromatic carbocycles. The first-order chi connectivity index (χ1) is 9.78. The van der Waals surface area contributed by atoms with Gasteiger partial charge in [0.15, 0.2) is 5.82 Å². The molecule has 3 rings (SSSR count). The van der Waals surface area contributed by atoms with Crippen LogP contribution >= 0.6 is 11.8 Å². The number of nitrogens with zero attached hydrogens (tertiary/aromatic N) is 2. The Bertz CT molecular complexity index is 617. The highest BCUT2D eigenvalue weighted by Gasteiger charge is 2.23. The number of benzene rings is 1. The third-order valence-electron chi connectivity index (χ3n) is 2.98. The van der Waals surface area contributed by atoms with Crippen LogP contribution in [0, 0.1) is 5.82 Å². The Hall–Kier alpha value is -1.95. The summed E-state index contributed by atoms with van der Waals surface area (Å²) in [4.78, 5) is 4.36. The van der Waals surface area contributed by atoms with E-state index in [9.17, 15) is 4.39 Å². The van der Waals surface area contributed by atoms with Gasteiger partial charge in [-0.3, -0.25) is 0 Å². The molecule has 1 aromatic heterocycles. The van der Waals surface area contributed by atoms with Crippen LogP contribution in [0.4, 0.5) is 4.39 Å². The smallest absolute Gasteiger partial charge is 0.299 e. The lowest BCUT2D eigenvalue weighted by Gasteiger charge is -2.14. The van der Waals surface area contributed by atoms with Crippen LogP contribution in [-0.4, -0.2) is 15.8 Å². The summed E-state index contributed by atoms with van der Waals surface area (Å²) < 4.78 is 25.7. The second kappa shape index (κ2) is 5.58. The molecule has 0 bridgehead atoms. The van der Waals surface area contributed by atoms with Crippen LogP contribution in [0.1, 0.15) is 17.7 Å². The molecule has 0 radical (unpaired) electrons. The zero-order valence-electron chi connectivity index (χ0n) is 10.8. The Kier molecular flexibility index (Phi) is 3.64. The minimum absolute atomic E-state index is 0.239. The molecule has 104 valence electrons. The lowest BCUT2D eigenvalue weighted by atomic mass is 10.2. The SMILES string of the molecule is CSc1cnc(C2OC=CO2)n1Cc1ccc(F)cc1. The summed E-state index contributed by atoms with van der Waals surface area (Å²) in [5.41, 5.74) is 0.993. The van der Waals surface area contributed by atoms with Crippen LogP contribution in [0.15, 0.2) is 48.0 Å². The molecule has 0 N–H and O–H groups in total. The lowest BCUT2D eigenvalue weighted by Crippen LogP contribution is -2.11. The number of thioether (sulfide) groups is 1. The van der Waals surface area contributed by atoms with Crippen LogP contribution in [0.5, 0.6) is 0 Å². The van der Waals surface area contributed by atoms with E-state index in [2.05, 4.69) is 4.98 Å². The van der Waals surface area contributed by atoms with E-state index in [4.69, 9.17) is 9.47 Å². The zero-order valence-corrected chi connectivity index (χ0v) is 11.6. The highest BCUT2D eigenvalue weighted by atomic mass is 32.2. The summed E-state index contributed by atoms with van der Waals surface area (Å²) in [6.07, 6.45) is 6.25. The minimum Gasteiger partial charge on any atom is -0.452 e. The highest BCUT2D eigenvalue weighted by Crippen LogP contribution is 2.27. The number of aromatic nitrogens is 2. The lowest BCUT2D eigenvalue weighted by molar-refractivity contribution is -0.0341. The summed E-state index contributed by atoms with van der Waals surface area (Å²) in [5, 5.41) is 1.00. The van der Waals surface area contributed by atoms with Crippen molar-refractivity contribution in [3.05, 3.63) is 60.2 Å². The second-order valence-corrected chi connectivity index (χ2v) is 5.07. The fourth-order valence-electron chi connectivity index (χ4n) is 2.02. The van der Waals surface area contributed by atoms with Crippen molar-refractivity contribution in [3.8, 4) is 0 Å². The molecule has 0 spiro atoms. The maximum atomic E-state index is 13.0. The van der Waals surface area contributed by atoms with Crippen molar-refractivity contribution >= 4 is 11.8 Å². The third-order valence-corrected chi connectivity index (χ3v) is 3.73. The average Bonchev–Trinajstić information content (AvgIpc) is 3.10. The Labute approximate surface area is 120 Å². The van der Waals surface area contributed by atoms with Crippen molar-refractivity contribution in [1.29, 1.82) is 0 Å². The third kappa shape index (κ3) is 2.51. The predicted molar refractivity (Wildman–Crippen MR) is 73.6 cm³/mol. The van der Waals surface area contributed by atoms with Crippen LogP contribution in [-0.2, 0) is 16.0 Å². The van der Waals surface area contributed by atoms with Crippen molar-refractivity contribution in [1.82, 2.24) is 9.55 Å². The molecule has 2 aromatic rings. The van der Waals surface area contributed by atoms with Gasteiger partial charge in [-0.15, -0.1) is 11.8 Å². The first-order valence-electron chi connectivity index (χ1n) is 6.08. The summed E-state index contributed by atoms with van der Waals surface area (Å²) >= 11 is 1.59. The molecule has 20 heavy (non-hydrogen) atoms. The molecule has 0 aliphatic carbocycles. The first-order valence-corrected chi connectivity index (χ1v) is 7.30. The standard InChI is InChI=1S/C14H13FN2O2S/c1-20-12-8-16-13(14-18-6-7-19-14)17(12)9-10-2-4-11(15)5-3-10/h2-8,14H,9H2,1H3. The molecule has 1 aliphatic heterocycles. The molecule has 1 aliphatic rings. The van der Waals surface area contributed by atoms with Gasteiger partial charge in [0, 0.05) is 0 Å². The zero-order chi connectivity index (χ0) is 13.9. The molecule has 0 unspecified atom stereocenters. The van der Waals surface area contributed by atoms with E-state index >= 15 is 0 Å². The average molecular weight is 292 g/mol. The minimum atomic E-state index is -0.517. The van der Waals surface area contributed by atoms with Crippen LogP contribution in [0.2, 0.25) is 0 Å². The highest BCUT2D eigenvalue weighted by molar-refractivity contribution is 7.98. The molecule has 0 amide bonds. The monoisotopic (exact) mass is 292 g/mol. The van der Waals surface area contributed by atoms with E-state index in [0.29, 0.717) is 12.4 Å². The molecule has 0 atom stereocenters. The van der Waals surface area contributed by atoms with Gasteiger partial charge in [-0.1, -0.05) is 12.1 Å². The Balaban J connectivity index is 1.90. The molecule has 0 saturated carbocycles. The quantitative estimate of drug-likeness (QED) is 0.810. The largest absolute Gasteiger partial charge is 0.452 e. The van der Waals surface area contributed by atoms with Crippen LogP contribution < -0.4 is 0 Å². The van der Waals surface area contributed by atoms with Crippen molar-refractivity contribution < 1.29 is 13.9 Å². The summed E-state index contributed by atoms with van der Waals surface area (Å²) in [7, 11) is 0. The molecule has 4 nitrogen and oxygen atoms in total. The predicted octanol–water partition coefficient (Wildman–Crippen LogP) is 3.31. The van der Waals surface area contributed by atoms with Crippen molar-refractivity contribution in [2.24, 2.45) is 0 Å². The molecule has 2 heterocycles. The van der Waals surface area contributed by atoms with Gasteiger partial charge in [0.05, 0.1) is 17.8 Å². The summed E-state index contributed by atoms with van der Waals surface area (Å²) in [5.74, 6) is 0.458. The van der Waals surface area contributed by atoms with Crippen molar-refractivity contribution in [2.45, 2.75) is 17.9 Å². The normalized spacial score (nSPS) is 14.3. The van der Waals surface area contributed by atoms with E-state index in [-0.39, 0.29) is 5.82 Å². The van der Waals surface area contributed by atoms with Gasteiger partial charge in [0.1, 0.15) is 18.3 Å². The summed E-state index contributed by atoms with van der Waals surface area (Å²) in [6.45, 7) is 0.592. The van der Waals surface area contributed by atoms with Gasteiger partial charge < -0.3 is 14.0 Å². The topological polar surface area (TPSA) is 36.3 Å². The summed E-state index contributed by atoms with van der Waals surface area (Å²) in [6, 6.07) is 6.43. The van der Waals surface area contributed by atoms with Crippen LogP contribution in [0.25, 0.3) is 0 Å². The van der Waals surface area contributed by atoms with Gasteiger partial charge in [0.2, 0.25) is 0 Å². The van der Waals surface area contributed by atoms with Crippen molar-refractivity contribution in [3.63, 3.8) is 0 Å². The Morgan fingerprint density at radius 1 is 1.25 bits per heavy atom. The number of hydrogen-bond donors (Lipinski definition) is 0. The fraction of sp³-hybridized carbons (Fsp3) is 0.214. The number of imidazole rings is 1. The van der Waals surface area contributed by atoms with E-state index in [1.807, 2.05) is 10.8 Å². The Morgan fingerprint density at radius 2 is 1.95 bits per heavy atom. The van der Waals surface area contributed by atoms with Gasteiger partial charge in [-0.2, -0.15) is 0 Å². The van der Waals surface area contributed by atoms with Crippen LogP contribution in [0.3, 0.4) is 0 Å². The molecule has 6 heteroatoms. The van der Waals surface area contributed by atoms with E-state index < -0.39 is 6.29 Å². The van der Waals surface area contributed by atoms with E-state index in [1.54, 1.807) is 30.1 Å². The number of halogens is 1. The Morgan fingerprint density at radius 3 is 2.60 bits per heavy atom. The number of hydrogen-bond acceptors (Lipinski definition) is 4. The maximum Gasteiger partial charge on any atom is 0.299 e. The molecular formula is C14H13FN2O2S. The molecule has 0 fully saturated rings. The fourth-order valence-corrected chi connectivity index (χ4v) is 2.55. The van der Waals surface area contributed by atoms with E-state index in [1.165, 1.54) is 24.7 Å².